The molecule has 8 rings (SSSR count). The second kappa shape index (κ2) is 17.5. The number of carbonyl (C=O) groups excluding carboxylic acids is 2. The van der Waals surface area contributed by atoms with Crippen LogP contribution >= 0.6 is 23.2 Å². The van der Waals surface area contributed by atoms with Gasteiger partial charge in [-0.25, -0.2) is 0 Å². The molecule has 292 valence electrons. The molecule has 0 spiro atoms. The molecule has 60 heavy (non-hydrogen) atoms. The Morgan fingerprint density at radius 1 is 0.467 bits per heavy atom. The Morgan fingerprint density at radius 2 is 0.850 bits per heavy atom. The number of hydrogen-bond acceptors (Lipinski definition) is 8. The second-order valence-corrected chi connectivity index (χ2v) is 14.3. The molecule has 0 unspecified atom stereocenters. The van der Waals surface area contributed by atoms with Gasteiger partial charge in [0.05, 0.1) is 21.2 Å². The summed E-state index contributed by atoms with van der Waals surface area (Å²) < 4.78 is 0. The molecule has 0 heterocycles. The summed E-state index contributed by atoms with van der Waals surface area (Å²) in [5.41, 5.74) is 3.80. The van der Waals surface area contributed by atoms with Crippen molar-refractivity contribution in [1.29, 1.82) is 0 Å². The molecule has 0 saturated heterocycles. The number of para-hydroxylation sites is 2. The fraction of sp³-hybridized carbons (Fsp3) is 0. The smallest absolute Gasteiger partial charge is 0.259 e. The van der Waals surface area contributed by atoms with Gasteiger partial charge in [-0.05, 0) is 82.6 Å². The van der Waals surface area contributed by atoms with E-state index in [1.807, 2.05) is 72.8 Å². The number of rotatable bonds is 10. The molecule has 8 aromatic rings. The third-order valence-corrected chi connectivity index (χ3v) is 10.1. The summed E-state index contributed by atoms with van der Waals surface area (Å²) in [6.45, 7) is 0. The van der Waals surface area contributed by atoms with E-state index in [1.54, 1.807) is 97.1 Å². The van der Waals surface area contributed by atoms with Gasteiger partial charge >= 0.3 is 0 Å². The van der Waals surface area contributed by atoms with Gasteiger partial charge in [0.2, 0.25) is 0 Å². The number of nitrogens with one attached hydrogen (secondary N) is 2. The van der Waals surface area contributed by atoms with E-state index in [2.05, 4.69) is 31.1 Å². The minimum atomic E-state index is -0.489. The number of hydrogen-bond donors (Lipinski definition) is 4. The maximum atomic E-state index is 13.2. The van der Waals surface area contributed by atoms with Crippen molar-refractivity contribution in [1.82, 2.24) is 0 Å². The van der Waals surface area contributed by atoms with Crippen LogP contribution in [-0.4, -0.2) is 22.0 Å². The first kappa shape index (κ1) is 39.2. The minimum Gasteiger partial charge on any atom is -0.505 e. The van der Waals surface area contributed by atoms with Gasteiger partial charge in [0.1, 0.15) is 22.7 Å². The average molecular weight is 828 g/mol. The Balaban J connectivity index is 0.995. The van der Waals surface area contributed by atoms with Crippen LogP contribution in [0.4, 0.5) is 34.1 Å². The molecule has 10 nitrogen and oxygen atoms in total. The van der Waals surface area contributed by atoms with E-state index in [0.29, 0.717) is 54.3 Å². The predicted molar refractivity (Wildman–Crippen MR) is 240 cm³/mol. The molecular formula is C48H32Cl2N6O4. The number of nitrogens with zero attached hydrogens (tertiary/aromatic N) is 4. The number of anilines is 2. The summed E-state index contributed by atoms with van der Waals surface area (Å²) in [4.78, 5) is 26.4. The summed E-state index contributed by atoms with van der Waals surface area (Å²) in [6.07, 6.45) is 3.70. The van der Waals surface area contributed by atoms with Gasteiger partial charge in [-0.3, -0.25) is 9.59 Å². The van der Waals surface area contributed by atoms with Gasteiger partial charge in [0, 0.05) is 22.1 Å². The summed E-state index contributed by atoms with van der Waals surface area (Å²) in [5, 5.41) is 48.8. The molecule has 0 radical (unpaired) electrons. The molecule has 0 aliphatic rings. The van der Waals surface area contributed by atoms with Crippen LogP contribution in [0.25, 0.3) is 33.7 Å². The van der Waals surface area contributed by atoms with Crippen LogP contribution < -0.4 is 10.6 Å². The third kappa shape index (κ3) is 8.60. The monoisotopic (exact) mass is 826 g/mol. The minimum absolute atomic E-state index is 0.0533. The predicted octanol–water partition coefficient (Wildman–Crippen LogP) is 14.2. The van der Waals surface area contributed by atoms with E-state index >= 15 is 0 Å². The van der Waals surface area contributed by atoms with E-state index < -0.39 is 11.8 Å². The van der Waals surface area contributed by atoms with Crippen LogP contribution in [-0.2, 0) is 0 Å². The second-order valence-electron chi connectivity index (χ2n) is 13.5. The van der Waals surface area contributed by atoms with E-state index in [4.69, 9.17) is 23.2 Å². The average Bonchev–Trinajstić information content (AvgIpc) is 3.26. The Bertz CT molecular complexity index is 2820. The van der Waals surface area contributed by atoms with Gasteiger partial charge in [0.25, 0.3) is 11.8 Å². The highest BCUT2D eigenvalue weighted by molar-refractivity contribution is 6.33. The maximum absolute atomic E-state index is 13.2. The lowest BCUT2D eigenvalue weighted by Crippen LogP contribution is -2.12. The Hall–Kier alpha value is -7.66. The maximum Gasteiger partial charge on any atom is 0.259 e. The molecule has 0 bridgehead atoms. The zero-order valence-corrected chi connectivity index (χ0v) is 32.9. The van der Waals surface area contributed by atoms with Crippen LogP contribution in [0.1, 0.15) is 31.8 Å². The van der Waals surface area contributed by atoms with Crippen LogP contribution in [0.5, 0.6) is 11.5 Å². The van der Waals surface area contributed by atoms with Crippen molar-refractivity contribution in [3.8, 4) is 11.5 Å². The first-order chi connectivity index (χ1) is 29.2. The van der Waals surface area contributed by atoms with Gasteiger partial charge in [0.15, 0.2) is 11.5 Å². The molecular weight excluding hydrogens is 795 g/mol. The van der Waals surface area contributed by atoms with Crippen molar-refractivity contribution in [2.45, 2.75) is 0 Å². The van der Waals surface area contributed by atoms with Crippen molar-refractivity contribution in [3.63, 3.8) is 0 Å². The number of carbonyl (C=O) groups is 2. The molecule has 0 saturated carbocycles. The highest BCUT2D eigenvalue weighted by Gasteiger charge is 2.20. The van der Waals surface area contributed by atoms with Crippen molar-refractivity contribution in [2.75, 3.05) is 10.6 Å². The lowest BCUT2D eigenvalue weighted by Gasteiger charge is -2.11. The van der Waals surface area contributed by atoms with Crippen LogP contribution in [0.15, 0.2) is 178 Å². The van der Waals surface area contributed by atoms with Crippen LogP contribution in [0.3, 0.4) is 0 Å². The molecule has 0 atom stereocenters. The number of azo groups is 2. The Kier molecular flexibility index (Phi) is 11.4. The standard InChI is InChI=1S/C48H32Cl2N6O4/c49-39-25-29(21-23-41(39)53-55-43-35-17-9-7-11-31(35)27-37(45(43)57)47(59)51-33-13-3-1-4-14-33)19-20-30-22-24-42(40(50)26-30)54-56-44-36-18-10-8-12-32(36)28-38(46(44)58)48(60)52-34-15-5-2-6-16-34/h1-28,57-58H,(H,51,59)(H,52,60). The Morgan fingerprint density at radius 3 is 1.25 bits per heavy atom. The fourth-order valence-electron chi connectivity index (χ4n) is 6.44. The van der Waals surface area contributed by atoms with Crippen LogP contribution in [0, 0.1) is 0 Å². The fourth-order valence-corrected chi connectivity index (χ4v) is 6.89. The highest BCUT2D eigenvalue weighted by Crippen LogP contribution is 2.42. The number of aromatic hydroxyl groups is 2. The molecule has 0 aliphatic carbocycles. The SMILES string of the molecule is O=C(Nc1ccccc1)c1cc2ccccc2c(N=Nc2ccc(C=Cc3ccc(N=Nc4c(O)c(C(=O)Nc5ccccc5)cc5ccccc45)c(Cl)c3)cc2Cl)c1O. The number of benzene rings is 8. The molecule has 12 heteroatoms. The van der Waals surface area contributed by atoms with E-state index in [-0.39, 0.29) is 34.0 Å². The van der Waals surface area contributed by atoms with Crippen molar-refractivity contribution >= 4 is 103 Å². The molecule has 0 aromatic heterocycles. The molecule has 8 aromatic carbocycles. The normalized spacial score (nSPS) is 11.6. The number of phenolic OH excluding ortho intramolecular Hbond substituents is 2. The zero-order valence-electron chi connectivity index (χ0n) is 31.4. The molecule has 2 amide bonds. The largest absolute Gasteiger partial charge is 0.505 e. The van der Waals surface area contributed by atoms with E-state index in [0.717, 1.165) is 11.1 Å². The van der Waals surface area contributed by atoms with Gasteiger partial charge in [-0.15, -0.1) is 20.5 Å². The molecule has 0 fully saturated rings. The highest BCUT2D eigenvalue weighted by atomic mass is 35.5. The topological polar surface area (TPSA) is 148 Å². The number of halogens is 2. The summed E-state index contributed by atoms with van der Waals surface area (Å²) in [5.74, 6) is -1.59. The zero-order chi connectivity index (χ0) is 41.6. The number of fused-ring (bicyclic) bond motifs is 2. The quantitative estimate of drug-likeness (QED) is 0.0802. The number of amides is 2. The first-order valence-electron chi connectivity index (χ1n) is 18.5. The van der Waals surface area contributed by atoms with Crippen LogP contribution in [0.2, 0.25) is 10.0 Å². The lowest BCUT2D eigenvalue weighted by molar-refractivity contribution is 0.101. The Labute approximate surface area is 353 Å². The van der Waals surface area contributed by atoms with E-state index in [9.17, 15) is 19.8 Å². The summed E-state index contributed by atoms with van der Waals surface area (Å²) in [7, 11) is 0. The van der Waals surface area contributed by atoms with Crippen molar-refractivity contribution in [3.05, 3.63) is 190 Å². The molecule has 4 N–H and O–H groups in total. The first-order valence-corrected chi connectivity index (χ1v) is 19.3. The third-order valence-electron chi connectivity index (χ3n) is 9.47. The van der Waals surface area contributed by atoms with Crippen molar-refractivity contribution in [2.24, 2.45) is 20.5 Å². The number of phenols is 2. The summed E-state index contributed by atoms with van der Waals surface area (Å²) in [6, 6.07) is 46.2. The van der Waals surface area contributed by atoms with Gasteiger partial charge in [-0.1, -0.05) is 132 Å². The van der Waals surface area contributed by atoms with Gasteiger partial charge < -0.3 is 20.8 Å². The van der Waals surface area contributed by atoms with Gasteiger partial charge in [-0.2, -0.15) is 0 Å². The lowest BCUT2D eigenvalue weighted by atomic mass is 10.0. The summed E-state index contributed by atoms with van der Waals surface area (Å²) >= 11 is 13.3. The molecule has 0 aliphatic heterocycles. The van der Waals surface area contributed by atoms with Crippen molar-refractivity contribution < 1.29 is 19.8 Å². The van der Waals surface area contributed by atoms with E-state index in [1.165, 1.54) is 0 Å².